The van der Waals surface area contributed by atoms with Gasteiger partial charge in [-0.1, -0.05) is 35.5 Å². The zero-order valence-electron chi connectivity index (χ0n) is 12.7. The molecule has 3 aromatic rings. The van der Waals surface area contributed by atoms with Crippen LogP contribution in [0.25, 0.3) is 0 Å². The van der Waals surface area contributed by atoms with E-state index in [-0.39, 0.29) is 11.4 Å². The molecule has 128 valence electrons. The van der Waals surface area contributed by atoms with E-state index in [1.807, 2.05) is 6.07 Å². The van der Waals surface area contributed by atoms with Crippen molar-refractivity contribution in [3.8, 4) is 0 Å². The lowest BCUT2D eigenvalue weighted by atomic mass is 10.1. The van der Waals surface area contributed by atoms with Crippen molar-refractivity contribution >= 4 is 5.91 Å². The summed E-state index contributed by atoms with van der Waals surface area (Å²) in [6, 6.07) is 12.2. The standard InChI is InChI=1S/C16H12F3N5O/c17-16(18,19)12-8-6-11(7-9-12)15(25)20-13(14-21-23-24-22-14)10-4-2-1-3-5-10/h1-9,13H,(H,20,25)(H,21,22,23,24)/t13-/m1/s1. The molecule has 1 heterocycles. The molecule has 1 aromatic heterocycles. The van der Waals surface area contributed by atoms with E-state index in [1.54, 1.807) is 24.3 Å². The quantitative estimate of drug-likeness (QED) is 0.760. The van der Waals surface area contributed by atoms with Crippen LogP contribution in [0.4, 0.5) is 13.2 Å². The van der Waals surface area contributed by atoms with Gasteiger partial charge in [0.2, 0.25) is 5.82 Å². The average Bonchev–Trinajstić information content (AvgIpc) is 3.14. The molecule has 0 bridgehead atoms. The first-order valence-electron chi connectivity index (χ1n) is 7.21. The predicted octanol–water partition coefficient (Wildman–Crippen LogP) is 2.74. The molecule has 0 saturated heterocycles. The van der Waals surface area contributed by atoms with Crippen LogP contribution in [0.15, 0.2) is 54.6 Å². The van der Waals surface area contributed by atoms with Crippen LogP contribution < -0.4 is 5.32 Å². The molecule has 0 aliphatic rings. The second kappa shape index (κ2) is 6.71. The summed E-state index contributed by atoms with van der Waals surface area (Å²) < 4.78 is 37.8. The van der Waals surface area contributed by atoms with Gasteiger partial charge < -0.3 is 5.32 Å². The zero-order valence-corrected chi connectivity index (χ0v) is 12.7. The Kier molecular flexibility index (Phi) is 4.46. The fraction of sp³-hybridized carbons (Fsp3) is 0.125. The molecule has 1 atom stereocenters. The number of H-pyrrole nitrogens is 1. The summed E-state index contributed by atoms with van der Waals surface area (Å²) in [6.07, 6.45) is -4.45. The van der Waals surface area contributed by atoms with Crippen molar-refractivity contribution in [3.63, 3.8) is 0 Å². The van der Waals surface area contributed by atoms with Crippen LogP contribution in [-0.2, 0) is 6.18 Å². The average molecular weight is 347 g/mol. The third-order valence-corrected chi connectivity index (χ3v) is 3.50. The number of halogens is 3. The van der Waals surface area contributed by atoms with Crippen molar-refractivity contribution in [2.75, 3.05) is 0 Å². The fourth-order valence-electron chi connectivity index (χ4n) is 2.26. The second-order valence-electron chi connectivity index (χ2n) is 5.16. The third-order valence-electron chi connectivity index (χ3n) is 3.50. The van der Waals surface area contributed by atoms with E-state index in [9.17, 15) is 18.0 Å². The number of nitrogens with zero attached hydrogens (tertiary/aromatic N) is 3. The molecule has 9 heteroatoms. The van der Waals surface area contributed by atoms with Gasteiger partial charge in [-0.25, -0.2) is 0 Å². The van der Waals surface area contributed by atoms with Crippen LogP contribution in [0.2, 0.25) is 0 Å². The van der Waals surface area contributed by atoms with Crippen molar-refractivity contribution in [1.29, 1.82) is 0 Å². The summed E-state index contributed by atoms with van der Waals surface area (Å²) in [6.45, 7) is 0. The number of hydrogen-bond donors (Lipinski definition) is 2. The molecule has 25 heavy (non-hydrogen) atoms. The first-order valence-corrected chi connectivity index (χ1v) is 7.21. The van der Waals surface area contributed by atoms with Gasteiger partial charge in [0, 0.05) is 5.56 Å². The number of amides is 1. The van der Waals surface area contributed by atoms with Gasteiger partial charge in [0.15, 0.2) is 0 Å². The molecule has 1 amide bonds. The number of carbonyl (C=O) groups is 1. The Morgan fingerprint density at radius 1 is 1.04 bits per heavy atom. The number of aromatic nitrogens is 4. The minimum absolute atomic E-state index is 0.0948. The molecule has 0 aliphatic heterocycles. The zero-order chi connectivity index (χ0) is 17.9. The van der Waals surface area contributed by atoms with Crippen molar-refractivity contribution in [2.24, 2.45) is 0 Å². The van der Waals surface area contributed by atoms with Gasteiger partial charge in [0.05, 0.1) is 5.56 Å². The summed E-state index contributed by atoms with van der Waals surface area (Å²) in [5, 5.41) is 16.2. The minimum Gasteiger partial charge on any atom is -0.338 e. The lowest BCUT2D eigenvalue weighted by Crippen LogP contribution is -2.30. The topological polar surface area (TPSA) is 83.6 Å². The second-order valence-corrected chi connectivity index (χ2v) is 5.16. The Morgan fingerprint density at radius 2 is 1.72 bits per heavy atom. The summed E-state index contributed by atoms with van der Waals surface area (Å²) in [5.41, 5.74) is -0.0107. The van der Waals surface area contributed by atoms with Crippen molar-refractivity contribution < 1.29 is 18.0 Å². The molecule has 2 N–H and O–H groups in total. The summed E-state index contributed by atoms with van der Waals surface area (Å²) in [4.78, 5) is 12.4. The first-order chi connectivity index (χ1) is 11.9. The Hall–Kier alpha value is -3.23. The van der Waals surface area contributed by atoms with Crippen LogP contribution in [0.3, 0.4) is 0 Å². The molecule has 0 radical (unpaired) electrons. The number of rotatable bonds is 4. The van der Waals surface area contributed by atoms with E-state index in [0.717, 1.165) is 24.3 Å². The maximum Gasteiger partial charge on any atom is 0.416 e. The predicted molar refractivity (Wildman–Crippen MR) is 81.4 cm³/mol. The molecule has 0 unspecified atom stereocenters. The summed E-state index contributed by atoms with van der Waals surface area (Å²) in [5.74, 6) is -0.307. The Morgan fingerprint density at radius 3 is 2.28 bits per heavy atom. The highest BCUT2D eigenvalue weighted by atomic mass is 19.4. The van der Waals surface area contributed by atoms with Gasteiger partial charge in [-0.3, -0.25) is 4.79 Å². The van der Waals surface area contributed by atoms with Crippen molar-refractivity contribution in [3.05, 3.63) is 77.1 Å². The molecule has 3 rings (SSSR count). The summed E-state index contributed by atoms with van der Waals surface area (Å²) >= 11 is 0. The molecule has 0 spiro atoms. The van der Waals surface area contributed by atoms with E-state index in [2.05, 4.69) is 25.9 Å². The van der Waals surface area contributed by atoms with E-state index < -0.39 is 23.7 Å². The smallest absolute Gasteiger partial charge is 0.338 e. The molecule has 2 aromatic carbocycles. The maximum absolute atomic E-state index is 12.6. The van der Waals surface area contributed by atoms with Crippen molar-refractivity contribution in [2.45, 2.75) is 12.2 Å². The Bertz CT molecular complexity index is 832. The van der Waals surface area contributed by atoms with Gasteiger partial charge in [-0.15, -0.1) is 10.2 Å². The minimum atomic E-state index is -4.45. The van der Waals surface area contributed by atoms with Crippen LogP contribution in [-0.4, -0.2) is 26.5 Å². The largest absolute Gasteiger partial charge is 0.416 e. The van der Waals surface area contributed by atoms with Crippen LogP contribution in [0.1, 0.15) is 33.4 Å². The number of carbonyl (C=O) groups excluding carboxylic acids is 1. The molecule has 0 saturated carbocycles. The highest BCUT2D eigenvalue weighted by molar-refractivity contribution is 5.94. The maximum atomic E-state index is 12.6. The van der Waals surface area contributed by atoms with Crippen LogP contribution in [0.5, 0.6) is 0 Å². The van der Waals surface area contributed by atoms with Gasteiger partial charge in [0.25, 0.3) is 5.91 Å². The lowest BCUT2D eigenvalue weighted by Gasteiger charge is -2.16. The molecule has 0 aliphatic carbocycles. The van der Waals surface area contributed by atoms with Crippen molar-refractivity contribution in [1.82, 2.24) is 25.9 Å². The van der Waals surface area contributed by atoms with Gasteiger partial charge in [-0.05, 0) is 29.8 Å². The summed E-state index contributed by atoms with van der Waals surface area (Å²) in [7, 11) is 0. The third kappa shape index (κ3) is 3.82. The molecular formula is C16H12F3N5O. The highest BCUT2D eigenvalue weighted by Gasteiger charge is 2.30. The lowest BCUT2D eigenvalue weighted by molar-refractivity contribution is -0.137. The monoisotopic (exact) mass is 347 g/mol. The molecule has 6 nitrogen and oxygen atoms in total. The number of tetrazole rings is 1. The number of benzene rings is 2. The van der Waals surface area contributed by atoms with E-state index >= 15 is 0 Å². The normalized spacial score (nSPS) is 12.6. The Labute approximate surface area is 140 Å². The van der Waals surface area contributed by atoms with Gasteiger partial charge in [0.1, 0.15) is 6.04 Å². The highest BCUT2D eigenvalue weighted by Crippen LogP contribution is 2.29. The fourth-order valence-corrected chi connectivity index (χ4v) is 2.26. The SMILES string of the molecule is O=C(N[C@H](c1ccccc1)c1nn[nH]n1)c1ccc(C(F)(F)F)cc1. The van der Waals surface area contributed by atoms with Gasteiger partial charge in [-0.2, -0.15) is 18.4 Å². The van der Waals surface area contributed by atoms with Crippen LogP contribution >= 0.6 is 0 Å². The number of aromatic amines is 1. The van der Waals surface area contributed by atoms with E-state index in [1.165, 1.54) is 0 Å². The first kappa shape index (κ1) is 16.6. The number of hydrogen-bond acceptors (Lipinski definition) is 4. The number of nitrogens with one attached hydrogen (secondary N) is 2. The molecule has 0 fully saturated rings. The van der Waals surface area contributed by atoms with E-state index in [0.29, 0.717) is 5.56 Å². The Balaban J connectivity index is 1.84. The number of alkyl halides is 3. The molecular weight excluding hydrogens is 335 g/mol. The van der Waals surface area contributed by atoms with Gasteiger partial charge >= 0.3 is 6.18 Å². The van der Waals surface area contributed by atoms with Crippen LogP contribution in [0, 0.1) is 0 Å². The van der Waals surface area contributed by atoms with E-state index in [4.69, 9.17) is 0 Å².